The molecule has 0 radical (unpaired) electrons. The second-order valence-corrected chi connectivity index (χ2v) is 9.38. The van der Waals surface area contributed by atoms with E-state index < -0.39 is 61.2 Å². The fraction of sp³-hybridized carbons (Fsp3) is 0.0952. The van der Waals surface area contributed by atoms with Crippen molar-refractivity contribution in [3.05, 3.63) is 87.2 Å². The number of aliphatic carboxylic acids is 1. The topological polar surface area (TPSA) is 113 Å². The summed E-state index contributed by atoms with van der Waals surface area (Å²) in [6, 6.07) is 8.80. The van der Waals surface area contributed by atoms with Crippen molar-refractivity contribution < 1.29 is 36.3 Å². The lowest BCUT2D eigenvalue weighted by Gasteiger charge is -2.15. The summed E-state index contributed by atoms with van der Waals surface area (Å²) in [6.07, 6.45) is -4.33. The number of rotatable bonds is 7. The molecule has 0 fully saturated rings. The predicted octanol–water partition coefficient (Wildman–Crippen LogP) is 5.07. The highest BCUT2D eigenvalue weighted by Crippen LogP contribution is 2.36. The second-order valence-electron chi connectivity index (χ2n) is 6.85. The zero-order valence-electron chi connectivity index (χ0n) is 16.7. The third-order valence-corrected chi connectivity index (χ3v) is 6.37. The quantitative estimate of drug-likeness (QED) is 0.411. The number of sulfonamides is 1. The fourth-order valence-electron chi connectivity index (χ4n) is 2.98. The van der Waals surface area contributed by atoms with Crippen molar-refractivity contribution in [2.24, 2.45) is 0 Å². The first-order valence-corrected chi connectivity index (χ1v) is 11.4. The van der Waals surface area contributed by atoms with Gasteiger partial charge in [0.15, 0.2) is 0 Å². The van der Waals surface area contributed by atoms with Crippen LogP contribution in [0.1, 0.15) is 27.2 Å². The van der Waals surface area contributed by atoms with Crippen LogP contribution in [0, 0.1) is 0 Å². The zero-order valence-corrected chi connectivity index (χ0v) is 19.1. The second kappa shape index (κ2) is 9.61. The van der Waals surface area contributed by atoms with Crippen molar-refractivity contribution in [1.82, 2.24) is 4.98 Å². The summed E-state index contributed by atoms with van der Waals surface area (Å²) in [5.41, 5.74) is -2.11. The number of carbonyl (C=O) groups excluding carboxylic acids is 1. The minimum absolute atomic E-state index is 0.0500. The van der Waals surface area contributed by atoms with Crippen LogP contribution in [0.5, 0.6) is 0 Å². The van der Waals surface area contributed by atoms with E-state index in [1.165, 1.54) is 24.3 Å². The maximum Gasteiger partial charge on any atom is 0.417 e. The lowest BCUT2D eigenvalue weighted by atomic mass is 9.98. The number of hydrogen-bond donors (Lipinski definition) is 2. The number of halogens is 5. The summed E-state index contributed by atoms with van der Waals surface area (Å²) in [4.78, 5) is 27.4. The highest BCUT2D eigenvalue weighted by atomic mass is 35.5. The summed E-state index contributed by atoms with van der Waals surface area (Å²) in [7, 11) is -4.65. The molecule has 178 valence electrons. The summed E-state index contributed by atoms with van der Waals surface area (Å²) in [6.45, 7) is 0. The number of ketones is 1. The summed E-state index contributed by atoms with van der Waals surface area (Å²) < 4.78 is 67.2. The first-order valence-electron chi connectivity index (χ1n) is 9.19. The number of pyridine rings is 1. The van der Waals surface area contributed by atoms with E-state index in [1.54, 1.807) is 0 Å². The molecule has 0 saturated heterocycles. The van der Waals surface area contributed by atoms with Gasteiger partial charge in [-0.2, -0.15) is 13.2 Å². The van der Waals surface area contributed by atoms with Crippen molar-refractivity contribution in [1.29, 1.82) is 0 Å². The van der Waals surface area contributed by atoms with Gasteiger partial charge in [-0.25, -0.2) is 13.4 Å². The van der Waals surface area contributed by atoms with Crippen LogP contribution in [0.15, 0.2) is 59.6 Å². The Bertz CT molecular complexity index is 1400. The Morgan fingerprint density at radius 3 is 2.38 bits per heavy atom. The van der Waals surface area contributed by atoms with Crippen molar-refractivity contribution >= 4 is 50.7 Å². The Morgan fingerprint density at radius 1 is 1.06 bits per heavy atom. The molecule has 1 aromatic heterocycles. The minimum Gasteiger partial charge on any atom is -0.481 e. The van der Waals surface area contributed by atoms with Gasteiger partial charge >= 0.3 is 12.1 Å². The summed E-state index contributed by atoms with van der Waals surface area (Å²) in [5, 5.41) is 8.33. The van der Waals surface area contributed by atoms with Crippen LogP contribution in [0.2, 0.25) is 10.0 Å². The molecular formula is C21H13Cl2F3N2O5S. The molecule has 7 nitrogen and oxygen atoms in total. The molecule has 0 spiro atoms. The third-order valence-electron chi connectivity index (χ3n) is 4.47. The van der Waals surface area contributed by atoms with Crippen LogP contribution in [-0.2, 0) is 27.4 Å². The van der Waals surface area contributed by atoms with E-state index in [0.29, 0.717) is 6.07 Å². The number of benzene rings is 2. The molecule has 13 heteroatoms. The highest BCUT2D eigenvalue weighted by molar-refractivity contribution is 7.92. The van der Waals surface area contributed by atoms with E-state index in [0.717, 1.165) is 24.4 Å². The first kappa shape index (κ1) is 25.5. The molecule has 0 saturated carbocycles. The van der Waals surface area contributed by atoms with Gasteiger partial charge in [0.25, 0.3) is 10.0 Å². The monoisotopic (exact) mass is 532 g/mol. The van der Waals surface area contributed by atoms with Crippen molar-refractivity contribution in [3.63, 3.8) is 0 Å². The average molecular weight is 533 g/mol. The maximum absolute atomic E-state index is 13.2. The molecule has 0 aliphatic heterocycles. The standard InChI is InChI=1S/C21H13Cl2F3N2O5S/c22-12-8-17(28-34(32,33)13-5-6-16(23)15(9-13)21(24,25)26)19(27-10-12)20(31)14-4-2-1-3-11(14)7-18(29)30/h1-6,8-10,28H,7H2,(H,29,30). The SMILES string of the molecule is O=C(O)Cc1ccccc1C(=O)c1ncc(Cl)cc1NS(=O)(=O)c1ccc(Cl)c(C(F)(F)F)c1. The molecular weight excluding hydrogens is 520 g/mol. The number of aromatic nitrogens is 1. The fourth-order valence-corrected chi connectivity index (χ4v) is 4.44. The lowest BCUT2D eigenvalue weighted by Crippen LogP contribution is -2.18. The molecule has 0 amide bonds. The number of alkyl halides is 3. The Labute approximate surface area is 201 Å². The number of anilines is 1. The number of carbonyl (C=O) groups is 2. The van der Waals surface area contributed by atoms with Crippen molar-refractivity contribution in [2.45, 2.75) is 17.5 Å². The van der Waals surface area contributed by atoms with Gasteiger partial charge in [0.2, 0.25) is 5.78 Å². The Kier molecular flexibility index (Phi) is 7.20. The highest BCUT2D eigenvalue weighted by Gasteiger charge is 2.35. The third kappa shape index (κ3) is 5.66. The van der Waals surface area contributed by atoms with Crippen LogP contribution in [0.25, 0.3) is 0 Å². The van der Waals surface area contributed by atoms with Gasteiger partial charge < -0.3 is 5.11 Å². The van der Waals surface area contributed by atoms with E-state index >= 15 is 0 Å². The van der Waals surface area contributed by atoms with Gasteiger partial charge in [0, 0.05) is 11.8 Å². The molecule has 0 atom stereocenters. The van der Waals surface area contributed by atoms with Crippen LogP contribution < -0.4 is 4.72 Å². The normalized spacial score (nSPS) is 11.8. The van der Waals surface area contributed by atoms with Gasteiger partial charge in [0.1, 0.15) is 5.69 Å². The summed E-state index contributed by atoms with van der Waals surface area (Å²) >= 11 is 11.4. The van der Waals surface area contributed by atoms with Gasteiger partial charge in [0.05, 0.1) is 32.6 Å². The molecule has 3 rings (SSSR count). The number of nitrogens with zero attached hydrogens (tertiary/aromatic N) is 1. The number of hydrogen-bond acceptors (Lipinski definition) is 5. The molecule has 34 heavy (non-hydrogen) atoms. The van der Waals surface area contributed by atoms with E-state index in [2.05, 4.69) is 4.98 Å². The first-order chi connectivity index (χ1) is 15.8. The number of carboxylic acids is 1. The van der Waals surface area contributed by atoms with E-state index in [4.69, 9.17) is 28.3 Å². The minimum atomic E-state index is -4.91. The maximum atomic E-state index is 13.2. The van der Waals surface area contributed by atoms with Crippen LogP contribution in [0.3, 0.4) is 0 Å². The molecule has 0 unspecified atom stereocenters. The lowest BCUT2D eigenvalue weighted by molar-refractivity contribution is -0.138. The molecule has 0 aliphatic rings. The molecule has 3 aromatic rings. The van der Waals surface area contributed by atoms with Crippen LogP contribution >= 0.6 is 23.2 Å². The Morgan fingerprint density at radius 2 is 1.74 bits per heavy atom. The van der Waals surface area contributed by atoms with Gasteiger partial charge in [-0.15, -0.1) is 0 Å². The molecule has 2 N–H and O–H groups in total. The average Bonchev–Trinajstić information content (AvgIpc) is 2.72. The molecule has 2 aromatic carbocycles. The van der Waals surface area contributed by atoms with Gasteiger partial charge in [-0.05, 0) is 29.8 Å². The zero-order chi connectivity index (χ0) is 25.3. The van der Waals surface area contributed by atoms with E-state index in [9.17, 15) is 31.2 Å². The Hall–Kier alpha value is -3.15. The molecule has 0 bridgehead atoms. The molecule has 0 aliphatic carbocycles. The van der Waals surface area contributed by atoms with E-state index in [-0.39, 0.29) is 16.1 Å². The van der Waals surface area contributed by atoms with Crippen LogP contribution in [-0.4, -0.2) is 30.3 Å². The van der Waals surface area contributed by atoms with Crippen molar-refractivity contribution in [3.8, 4) is 0 Å². The van der Waals surface area contributed by atoms with Gasteiger partial charge in [-0.1, -0.05) is 47.5 Å². The van der Waals surface area contributed by atoms with Crippen molar-refractivity contribution in [2.75, 3.05) is 4.72 Å². The predicted molar refractivity (Wildman–Crippen MR) is 118 cm³/mol. The number of carboxylic acid groups (broad SMARTS) is 1. The largest absolute Gasteiger partial charge is 0.481 e. The Balaban J connectivity index is 2.06. The van der Waals surface area contributed by atoms with Crippen LogP contribution in [0.4, 0.5) is 18.9 Å². The van der Waals surface area contributed by atoms with E-state index in [1.807, 2.05) is 4.72 Å². The molecule has 1 heterocycles. The smallest absolute Gasteiger partial charge is 0.417 e. The van der Waals surface area contributed by atoms with Gasteiger partial charge in [-0.3, -0.25) is 14.3 Å². The summed E-state index contributed by atoms with van der Waals surface area (Å²) in [5.74, 6) is -2.02. The number of nitrogens with one attached hydrogen (secondary N) is 1.